The molecule has 1 saturated heterocycles. The molecule has 6 nitrogen and oxygen atoms in total. The number of nitrogens with zero attached hydrogens (tertiary/aromatic N) is 2. The summed E-state index contributed by atoms with van der Waals surface area (Å²) in [7, 11) is 0. The van der Waals surface area contributed by atoms with E-state index in [1.165, 1.54) is 18.2 Å². The molecule has 1 atom stereocenters. The molecule has 3 heterocycles. The number of hydrogen-bond acceptors (Lipinski definition) is 5. The van der Waals surface area contributed by atoms with Gasteiger partial charge in [0, 0.05) is 6.61 Å². The summed E-state index contributed by atoms with van der Waals surface area (Å²) in [6.07, 6.45) is -2.18. The van der Waals surface area contributed by atoms with E-state index in [0.29, 0.717) is 12.3 Å². The number of ether oxygens (including phenoxy) is 2. The normalized spacial score (nSPS) is 16.8. The molecule has 0 bridgehead atoms. The third-order valence-corrected chi connectivity index (χ3v) is 5.67. The first-order valence-electron chi connectivity index (χ1n) is 9.77. The standard InChI is InChI=1S/C21H20F3N3O3S/c22-21(23,24)30-17-7-2-1-6-15(17)20(28)25-13-14-12-16(18-8-5-11-31-18)27(26-14)19-9-3-4-10-29-19/h1-2,5-8,11-12,19H,3-4,9-10,13H2,(H,25,28). The maximum absolute atomic E-state index is 12.6. The molecule has 10 heteroatoms. The van der Waals surface area contributed by atoms with Gasteiger partial charge in [-0.3, -0.25) is 4.79 Å². The van der Waals surface area contributed by atoms with Crippen LogP contribution in [-0.2, 0) is 11.3 Å². The largest absolute Gasteiger partial charge is 0.573 e. The first kappa shape index (κ1) is 21.4. The molecule has 1 unspecified atom stereocenters. The molecule has 0 radical (unpaired) electrons. The van der Waals surface area contributed by atoms with E-state index in [1.807, 2.05) is 28.3 Å². The van der Waals surface area contributed by atoms with Crippen molar-refractivity contribution in [2.24, 2.45) is 0 Å². The summed E-state index contributed by atoms with van der Waals surface area (Å²) in [5.41, 5.74) is 1.26. The number of nitrogens with one attached hydrogen (secondary N) is 1. The highest BCUT2D eigenvalue weighted by molar-refractivity contribution is 7.13. The van der Waals surface area contributed by atoms with Crippen LogP contribution in [0.2, 0.25) is 0 Å². The number of thiophene rings is 1. The average molecular weight is 451 g/mol. The van der Waals surface area contributed by atoms with E-state index in [0.717, 1.165) is 35.9 Å². The molecule has 1 aromatic carbocycles. The molecule has 1 N–H and O–H groups in total. The molecule has 1 amide bonds. The van der Waals surface area contributed by atoms with Crippen molar-refractivity contribution in [2.75, 3.05) is 6.61 Å². The van der Waals surface area contributed by atoms with Crippen LogP contribution < -0.4 is 10.1 Å². The summed E-state index contributed by atoms with van der Waals surface area (Å²) in [5.74, 6) is -1.23. The fourth-order valence-electron chi connectivity index (χ4n) is 3.41. The van der Waals surface area contributed by atoms with Gasteiger partial charge in [-0.25, -0.2) is 4.68 Å². The summed E-state index contributed by atoms with van der Waals surface area (Å²) in [4.78, 5) is 13.5. The van der Waals surface area contributed by atoms with Gasteiger partial charge in [0.1, 0.15) is 5.75 Å². The molecule has 3 aromatic rings. The van der Waals surface area contributed by atoms with Gasteiger partial charge in [0.05, 0.1) is 28.4 Å². The number of carbonyl (C=O) groups excluding carboxylic acids is 1. The predicted molar refractivity (Wildman–Crippen MR) is 109 cm³/mol. The van der Waals surface area contributed by atoms with Crippen LogP contribution in [-0.4, -0.2) is 28.7 Å². The van der Waals surface area contributed by atoms with Gasteiger partial charge in [-0.05, 0) is 48.9 Å². The number of hydrogen-bond donors (Lipinski definition) is 1. The zero-order chi connectivity index (χ0) is 21.8. The lowest BCUT2D eigenvalue weighted by Crippen LogP contribution is -2.26. The highest BCUT2D eigenvalue weighted by Gasteiger charge is 2.33. The van der Waals surface area contributed by atoms with Crippen LogP contribution in [0.5, 0.6) is 5.75 Å². The van der Waals surface area contributed by atoms with Gasteiger partial charge >= 0.3 is 6.36 Å². The number of rotatable bonds is 6. The Labute approximate surface area is 180 Å². The number of benzene rings is 1. The molecule has 1 aliphatic heterocycles. The molecular formula is C21H20F3N3O3S. The van der Waals surface area contributed by atoms with Gasteiger partial charge in [-0.1, -0.05) is 18.2 Å². The molecule has 4 rings (SSSR count). The van der Waals surface area contributed by atoms with Gasteiger partial charge < -0.3 is 14.8 Å². The van der Waals surface area contributed by atoms with Crippen LogP contribution in [0, 0.1) is 0 Å². The van der Waals surface area contributed by atoms with Crippen molar-refractivity contribution in [1.29, 1.82) is 0 Å². The van der Waals surface area contributed by atoms with Crippen LogP contribution in [0.4, 0.5) is 13.2 Å². The Morgan fingerprint density at radius 3 is 2.81 bits per heavy atom. The molecule has 2 aromatic heterocycles. The maximum atomic E-state index is 12.6. The van der Waals surface area contributed by atoms with Crippen LogP contribution in [0.3, 0.4) is 0 Å². The number of amides is 1. The lowest BCUT2D eigenvalue weighted by atomic mass is 10.2. The predicted octanol–water partition coefficient (Wildman–Crippen LogP) is 5.14. The summed E-state index contributed by atoms with van der Waals surface area (Å²) in [5, 5.41) is 9.21. The molecule has 0 saturated carbocycles. The molecule has 31 heavy (non-hydrogen) atoms. The Kier molecular flexibility index (Phi) is 6.28. The summed E-state index contributed by atoms with van der Waals surface area (Å²) in [6.45, 7) is 0.716. The summed E-state index contributed by atoms with van der Waals surface area (Å²) in [6, 6.07) is 11.0. The quantitative estimate of drug-likeness (QED) is 0.564. The molecular weight excluding hydrogens is 431 g/mol. The fourth-order valence-corrected chi connectivity index (χ4v) is 4.14. The Hall–Kier alpha value is -2.85. The lowest BCUT2D eigenvalue weighted by Gasteiger charge is -2.24. The SMILES string of the molecule is O=C(NCc1cc(-c2cccs2)n(C2CCCCO2)n1)c1ccccc1OC(F)(F)F. The van der Waals surface area contributed by atoms with Gasteiger partial charge in [0.2, 0.25) is 0 Å². The van der Waals surface area contributed by atoms with E-state index in [9.17, 15) is 18.0 Å². The lowest BCUT2D eigenvalue weighted by molar-refractivity contribution is -0.274. The first-order valence-corrected chi connectivity index (χ1v) is 10.7. The Bertz CT molecular complexity index is 1030. The van der Waals surface area contributed by atoms with E-state index >= 15 is 0 Å². The molecule has 1 fully saturated rings. The van der Waals surface area contributed by atoms with Crippen molar-refractivity contribution in [3.05, 3.63) is 59.1 Å². The Morgan fingerprint density at radius 2 is 2.10 bits per heavy atom. The van der Waals surface area contributed by atoms with Crippen molar-refractivity contribution in [2.45, 2.75) is 38.4 Å². The van der Waals surface area contributed by atoms with Crippen molar-refractivity contribution >= 4 is 17.2 Å². The minimum atomic E-state index is -4.88. The molecule has 1 aliphatic rings. The van der Waals surface area contributed by atoms with Gasteiger partial charge in [0.25, 0.3) is 5.91 Å². The second kappa shape index (κ2) is 9.11. The number of carbonyl (C=O) groups is 1. The van der Waals surface area contributed by atoms with E-state index in [4.69, 9.17) is 4.74 Å². The van der Waals surface area contributed by atoms with E-state index in [-0.39, 0.29) is 18.3 Å². The smallest absolute Gasteiger partial charge is 0.405 e. The molecule has 0 spiro atoms. The third kappa shape index (κ3) is 5.26. The first-order chi connectivity index (χ1) is 14.9. The highest BCUT2D eigenvalue weighted by atomic mass is 32.1. The van der Waals surface area contributed by atoms with Gasteiger partial charge in [0.15, 0.2) is 6.23 Å². The fraction of sp³-hybridized carbons (Fsp3) is 0.333. The van der Waals surface area contributed by atoms with Crippen LogP contribution in [0.1, 0.15) is 41.5 Å². The number of halogens is 3. The van der Waals surface area contributed by atoms with Crippen molar-refractivity contribution in [1.82, 2.24) is 15.1 Å². The molecule has 0 aliphatic carbocycles. The number of aromatic nitrogens is 2. The van der Waals surface area contributed by atoms with E-state index in [2.05, 4.69) is 15.2 Å². The zero-order valence-corrected chi connectivity index (χ0v) is 17.2. The van der Waals surface area contributed by atoms with Crippen LogP contribution in [0.25, 0.3) is 10.6 Å². The van der Waals surface area contributed by atoms with E-state index in [1.54, 1.807) is 11.3 Å². The van der Waals surface area contributed by atoms with Gasteiger partial charge in [-0.15, -0.1) is 24.5 Å². The zero-order valence-electron chi connectivity index (χ0n) is 16.4. The summed E-state index contributed by atoms with van der Waals surface area (Å²) < 4.78 is 49.5. The Balaban J connectivity index is 1.52. The third-order valence-electron chi connectivity index (χ3n) is 4.78. The molecule has 164 valence electrons. The van der Waals surface area contributed by atoms with Crippen molar-refractivity contribution < 1.29 is 27.4 Å². The second-order valence-electron chi connectivity index (χ2n) is 6.99. The topological polar surface area (TPSA) is 65.4 Å². The maximum Gasteiger partial charge on any atom is 0.573 e. The van der Waals surface area contributed by atoms with Gasteiger partial charge in [-0.2, -0.15) is 5.10 Å². The van der Waals surface area contributed by atoms with E-state index < -0.39 is 18.0 Å². The summed E-state index contributed by atoms with van der Waals surface area (Å²) >= 11 is 1.57. The Morgan fingerprint density at radius 1 is 1.26 bits per heavy atom. The number of para-hydroxylation sites is 1. The minimum Gasteiger partial charge on any atom is -0.405 e. The second-order valence-corrected chi connectivity index (χ2v) is 7.94. The van der Waals surface area contributed by atoms with Crippen LogP contribution in [0.15, 0.2) is 47.8 Å². The number of alkyl halides is 3. The monoisotopic (exact) mass is 451 g/mol. The average Bonchev–Trinajstić information content (AvgIpc) is 3.42. The van der Waals surface area contributed by atoms with Crippen molar-refractivity contribution in [3.8, 4) is 16.3 Å². The van der Waals surface area contributed by atoms with Crippen molar-refractivity contribution in [3.63, 3.8) is 0 Å². The minimum absolute atomic E-state index is 0.0529. The van der Waals surface area contributed by atoms with Crippen LogP contribution >= 0.6 is 11.3 Å². The highest BCUT2D eigenvalue weighted by Crippen LogP contribution is 2.32.